The van der Waals surface area contributed by atoms with Gasteiger partial charge in [-0.1, -0.05) is 6.07 Å². The Morgan fingerprint density at radius 2 is 2.06 bits per heavy atom. The van der Waals surface area contributed by atoms with Crippen LogP contribution in [0.1, 0.15) is 0 Å². The van der Waals surface area contributed by atoms with E-state index >= 15 is 0 Å². The van der Waals surface area contributed by atoms with E-state index in [4.69, 9.17) is 0 Å². The van der Waals surface area contributed by atoms with E-state index in [1.165, 1.54) is 18.2 Å². The smallest absolute Gasteiger partial charge is 0.370 e. The highest BCUT2D eigenvalue weighted by atomic mass is 19.4. The van der Waals surface area contributed by atoms with Gasteiger partial charge >= 0.3 is 6.18 Å². The molecule has 0 amide bonds. The van der Waals surface area contributed by atoms with Crippen LogP contribution >= 0.6 is 0 Å². The fourth-order valence-corrected chi connectivity index (χ4v) is 2.04. The van der Waals surface area contributed by atoms with E-state index in [0.29, 0.717) is 18.8 Å². The van der Waals surface area contributed by atoms with Gasteiger partial charge in [-0.2, -0.15) is 13.2 Å². The summed E-state index contributed by atoms with van der Waals surface area (Å²) in [6.07, 6.45) is -4.23. The van der Waals surface area contributed by atoms with Crippen molar-refractivity contribution in [3.05, 3.63) is 30.1 Å². The Morgan fingerprint density at radius 1 is 1.28 bits per heavy atom. The monoisotopic (exact) mass is 262 g/mol. The maximum Gasteiger partial charge on any atom is 0.394 e. The van der Waals surface area contributed by atoms with Crippen LogP contribution < -0.4 is 10.2 Å². The second-order valence-electron chi connectivity index (χ2n) is 4.37. The highest BCUT2D eigenvalue weighted by Gasteiger charge is 2.41. The topological polar surface area (TPSA) is 15.3 Å². The third kappa shape index (κ3) is 3.13. The maximum atomic E-state index is 13.1. The van der Waals surface area contributed by atoms with E-state index < -0.39 is 17.9 Å². The summed E-state index contributed by atoms with van der Waals surface area (Å²) < 4.78 is 51.3. The highest BCUT2D eigenvalue weighted by Crippen LogP contribution is 2.29. The minimum atomic E-state index is -4.23. The zero-order valence-electron chi connectivity index (χ0n) is 9.67. The molecule has 18 heavy (non-hydrogen) atoms. The molecule has 1 fully saturated rings. The van der Waals surface area contributed by atoms with Gasteiger partial charge in [0, 0.05) is 31.9 Å². The maximum absolute atomic E-state index is 13.1. The Hall–Kier alpha value is -1.30. The molecule has 1 aliphatic heterocycles. The fraction of sp³-hybridized carbons (Fsp3) is 0.500. The van der Waals surface area contributed by atoms with E-state index in [2.05, 4.69) is 5.32 Å². The van der Waals surface area contributed by atoms with Crippen LogP contribution in [0.3, 0.4) is 0 Å². The van der Waals surface area contributed by atoms with Gasteiger partial charge in [0.25, 0.3) is 0 Å². The van der Waals surface area contributed by atoms with Crippen molar-refractivity contribution in [2.75, 3.05) is 31.1 Å². The number of hydrogen-bond donors (Lipinski definition) is 1. The number of anilines is 1. The first-order valence-electron chi connectivity index (χ1n) is 5.75. The molecular formula is C12H14F4N2. The SMILES string of the molecule is Fc1cccc(N2CCNCC(C(F)(F)F)C2)c1. The van der Waals surface area contributed by atoms with E-state index in [9.17, 15) is 17.6 Å². The van der Waals surface area contributed by atoms with Gasteiger partial charge < -0.3 is 10.2 Å². The van der Waals surface area contributed by atoms with Gasteiger partial charge in [-0.3, -0.25) is 0 Å². The molecular weight excluding hydrogens is 248 g/mol. The molecule has 0 saturated carbocycles. The third-order valence-electron chi connectivity index (χ3n) is 3.03. The predicted molar refractivity (Wildman–Crippen MR) is 61.0 cm³/mol. The Bertz CT molecular complexity index is 405. The van der Waals surface area contributed by atoms with Gasteiger partial charge in [0.05, 0.1) is 5.92 Å². The van der Waals surface area contributed by atoms with Gasteiger partial charge in [-0.25, -0.2) is 4.39 Å². The summed E-state index contributed by atoms with van der Waals surface area (Å²) >= 11 is 0. The van der Waals surface area contributed by atoms with Crippen LogP contribution in [-0.2, 0) is 0 Å². The molecule has 0 spiro atoms. The van der Waals surface area contributed by atoms with Crippen molar-refractivity contribution in [1.82, 2.24) is 5.32 Å². The summed E-state index contributed by atoms with van der Waals surface area (Å²) in [5.74, 6) is -1.86. The summed E-state index contributed by atoms with van der Waals surface area (Å²) in [6, 6.07) is 5.67. The minimum Gasteiger partial charge on any atom is -0.370 e. The van der Waals surface area contributed by atoms with Crippen molar-refractivity contribution in [1.29, 1.82) is 0 Å². The largest absolute Gasteiger partial charge is 0.394 e. The molecule has 1 saturated heterocycles. The van der Waals surface area contributed by atoms with E-state index in [1.807, 2.05) is 0 Å². The Labute approximate surface area is 103 Å². The first-order valence-corrected chi connectivity index (χ1v) is 5.75. The molecule has 0 bridgehead atoms. The molecule has 1 heterocycles. The lowest BCUT2D eigenvalue weighted by molar-refractivity contribution is -0.169. The summed E-state index contributed by atoms with van der Waals surface area (Å²) in [5, 5.41) is 2.76. The second kappa shape index (κ2) is 5.14. The van der Waals surface area contributed by atoms with E-state index in [0.717, 1.165) is 0 Å². The Kier molecular flexibility index (Phi) is 3.75. The average Bonchev–Trinajstić information content (AvgIpc) is 2.53. The van der Waals surface area contributed by atoms with Gasteiger partial charge in [0.15, 0.2) is 0 Å². The molecule has 0 radical (unpaired) electrons. The molecule has 2 nitrogen and oxygen atoms in total. The lowest BCUT2D eigenvalue weighted by atomic mass is 10.1. The number of benzene rings is 1. The molecule has 0 aliphatic carbocycles. The van der Waals surface area contributed by atoms with Crippen molar-refractivity contribution in [2.45, 2.75) is 6.18 Å². The number of halogens is 4. The minimum absolute atomic E-state index is 0.0880. The quantitative estimate of drug-likeness (QED) is 0.782. The summed E-state index contributed by atoms with van der Waals surface area (Å²) in [4.78, 5) is 1.57. The van der Waals surface area contributed by atoms with Gasteiger partial charge in [0.1, 0.15) is 5.82 Å². The molecule has 1 aliphatic rings. The standard InChI is InChI=1S/C12H14F4N2/c13-10-2-1-3-11(6-10)18-5-4-17-7-9(8-18)12(14,15)16/h1-3,6,9,17H,4-5,7-8H2. The van der Waals surface area contributed by atoms with Crippen LogP contribution in [0.4, 0.5) is 23.2 Å². The predicted octanol–water partition coefficient (Wildman–Crippen LogP) is 2.41. The van der Waals surface area contributed by atoms with Crippen LogP contribution in [0, 0.1) is 11.7 Å². The van der Waals surface area contributed by atoms with Crippen LogP contribution in [-0.4, -0.2) is 32.4 Å². The number of hydrogen-bond acceptors (Lipinski definition) is 2. The van der Waals surface area contributed by atoms with Crippen molar-refractivity contribution in [3.8, 4) is 0 Å². The Balaban J connectivity index is 2.17. The number of nitrogens with one attached hydrogen (secondary N) is 1. The lowest BCUT2D eigenvalue weighted by Crippen LogP contribution is -2.38. The molecule has 100 valence electrons. The summed E-state index contributed by atoms with van der Waals surface area (Å²) in [7, 11) is 0. The molecule has 1 unspecified atom stereocenters. The first-order chi connectivity index (χ1) is 8.47. The highest BCUT2D eigenvalue weighted by molar-refractivity contribution is 5.46. The fourth-order valence-electron chi connectivity index (χ4n) is 2.04. The zero-order valence-corrected chi connectivity index (χ0v) is 9.67. The van der Waals surface area contributed by atoms with Gasteiger partial charge in [-0.15, -0.1) is 0 Å². The van der Waals surface area contributed by atoms with Gasteiger partial charge in [0.2, 0.25) is 0 Å². The van der Waals surface area contributed by atoms with Crippen LogP contribution in [0.15, 0.2) is 24.3 Å². The molecule has 1 N–H and O–H groups in total. The summed E-state index contributed by atoms with van der Waals surface area (Å²) in [5.41, 5.74) is 0.493. The summed E-state index contributed by atoms with van der Waals surface area (Å²) in [6.45, 7) is 0.675. The third-order valence-corrected chi connectivity index (χ3v) is 3.03. The zero-order chi connectivity index (χ0) is 13.2. The first kappa shape index (κ1) is 13.1. The number of alkyl halides is 3. The molecule has 0 aromatic heterocycles. The molecule has 1 atom stereocenters. The van der Waals surface area contributed by atoms with E-state index in [1.54, 1.807) is 11.0 Å². The normalized spacial score (nSPS) is 21.8. The molecule has 2 rings (SSSR count). The number of nitrogens with zero attached hydrogens (tertiary/aromatic N) is 1. The lowest BCUT2D eigenvalue weighted by Gasteiger charge is -2.27. The van der Waals surface area contributed by atoms with Crippen molar-refractivity contribution in [2.24, 2.45) is 5.92 Å². The van der Waals surface area contributed by atoms with Gasteiger partial charge in [-0.05, 0) is 18.2 Å². The van der Waals surface area contributed by atoms with Crippen molar-refractivity contribution in [3.63, 3.8) is 0 Å². The van der Waals surface area contributed by atoms with Crippen molar-refractivity contribution >= 4 is 5.69 Å². The van der Waals surface area contributed by atoms with Crippen molar-refractivity contribution < 1.29 is 17.6 Å². The molecule has 6 heteroatoms. The Morgan fingerprint density at radius 3 is 2.72 bits per heavy atom. The second-order valence-corrected chi connectivity index (χ2v) is 4.37. The van der Waals surface area contributed by atoms with Crippen LogP contribution in [0.5, 0.6) is 0 Å². The molecule has 1 aromatic rings. The molecule has 1 aromatic carbocycles. The number of rotatable bonds is 1. The van der Waals surface area contributed by atoms with Crippen LogP contribution in [0.2, 0.25) is 0 Å². The van der Waals surface area contributed by atoms with E-state index in [-0.39, 0.29) is 13.1 Å². The average molecular weight is 262 g/mol. The van der Waals surface area contributed by atoms with Crippen LogP contribution in [0.25, 0.3) is 0 Å².